The van der Waals surface area contributed by atoms with Crippen molar-refractivity contribution in [3.8, 4) is 0 Å². The maximum absolute atomic E-state index is 2.40. The van der Waals surface area contributed by atoms with Crippen LogP contribution in [-0.2, 0) is 6.42 Å². The Labute approximate surface area is 105 Å². The van der Waals surface area contributed by atoms with Crippen molar-refractivity contribution in [3.05, 3.63) is 41.6 Å². The van der Waals surface area contributed by atoms with Crippen LogP contribution >= 0.6 is 0 Å². The van der Waals surface area contributed by atoms with Crippen LogP contribution in [-0.4, -0.2) is 18.1 Å². The summed E-state index contributed by atoms with van der Waals surface area (Å²) >= 11 is 0. The Balaban J connectivity index is 2.42. The van der Waals surface area contributed by atoms with Crippen molar-refractivity contribution < 1.29 is 0 Å². The van der Waals surface area contributed by atoms with Gasteiger partial charge in [-0.2, -0.15) is 0 Å². The molecular weight excluding hydrogens is 208 g/mol. The molecule has 0 aromatic heterocycles. The molecule has 1 aromatic carbocycles. The number of rotatable bonds is 4. The zero-order valence-corrected chi connectivity index (χ0v) is 11.1. The van der Waals surface area contributed by atoms with Crippen molar-refractivity contribution in [1.29, 1.82) is 0 Å². The lowest BCUT2D eigenvalue weighted by Gasteiger charge is -2.40. The van der Waals surface area contributed by atoms with Crippen molar-refractivity contribution in [1.82, 2.24) is 5.01 Å². The van der Waals surface area contributed by atoms with Crippen LogP contribution in [0, 0.1) is 0 Å². The highest BCUT2D eigenvalue weighted by atomic mass is 15.6. The van der Waals surface area contributed by atoms with Crippen molar-refractivity contribution in [3.63, 3.8) is 0 Å². The number of anilines is 1. The van der Waals surface area contributed by atoms with Crippen LogP contribution in [0.1, 0.15) is 32.8 Å². The number of hydrogen-bond acceptors (Lipinski definition) is 2. The lowest BCUT2D eigenvalue weighted by atomic mass is 10.0. The molecule has 0 saturated carbocycles. The first-order valence-electron chi connectivity index (χ1n) is 6.63. The molecule has 0 amide bonds. The molecule has 0 spiro atoms. The maximum Gasteiger partial charge on any atom is 0.0611 e. The Morgan fingerprint density at radius 2 is 1.82 bits per heavy atom. The predicted molar refractivity (Wildman–Crippen MR) is 73.9 cm³/mol. The molecule has 0 N–H and O–H groups in total. The van der Waals surface area contributed by atoms with Gasteiger partial charge in [-0.1, -0.05) is 45.0 Å². The van der Waals surface area contributed by atoms with E-state index < -0.39 is 0 Å². The van der Waals surface area contributed by atoms with Gasteiger partial charge in [0.1, 0.15) is 0 Å². The minimum atomic E-state index is 1.04. The third-order valence-corrected chi connectivity index (χ3v) is 3.42. The summed E-state index contributed by atoms with van der Waals surface area (Å²) in [5.41, 5.74) is 4.21. The van der Waals surface area contributed by atoms with E-state index in [2.05, 4.69) is 61.1 Å². The van der Waals surface area contributed by atoms with Gasteiger partial charge in [-0.3, -0.25) is 5.01 Å². The second kappa shape index (κ2) is 5.37. The van der Waals surface area contributed by atoms with Crippen molar-refractivity contribution in [2.24, 2.45) is 0 Å². The minimum Gasteiger partial charge on any atom is -0.279 e. The molecule has 0 saturated heterocycles. The van der Waals surface area contributed by atoms with Crippen LogP contribution in [0.5, 0.6) is 0 Å². The summed E-state index contributed by atoms with van der Waals surface area (Å²) in [5, 5.41) is 4.80. The quantitative estimate of drug-likeness (QED) is 0.779. The summed E-state index contributed by atoms with van der Waals surface area (Å²) in [6.45, 7) is 8.75. The van der Waals surface area contributed by atoms with Gasteiger partial charge in [-0.25, -0.2) is 5.01 Å². The number of benzene rings is 1. The zero-order chi connectivity index (χ0) is 12.3. The monoisotopic (exact) mass is 230 g/mol. The van der Waals surface area contributed by atoms with E-state index in [1.54, 1.807) is 0 Å². The van der Waals surface area contributed by atoms with Crippen LogP contribution in [0.2, 0.25) is 0 Å². The van der Waals surface area contributed by atoms with Gasteiger partial charge in [0, 0.05) is 18.8 Å². The van der Waals surface area contributed by atoms with Gasteiger partial charge >= 0.3 is 0 Å². The predicted octanol–water partition coefficient (Wildman–Crippen LogP) is 3.60. The van der Waals surface area contributed by atoms with Gasteiger partial charge in [0.2, 0.25) is 0 Å². The van der Waals surface area contributed by atoms with E-state index in [-0.39, 0.29) is 0 Å². The first-order valence-corrected chi connectivity index (χ1v) is 6.63. The molecule has 0 bridgehead atoms. The fraction of sp³-hybridized carbons (Fsp3) is 0.467. The smallest absolute Gasteiger partial charge is 0.0611 e. The molecule has 92 valence electrons. The number of fused-ring (bicyclic) bond motifs is 1. The SMILES string of the molecule is CCC1=CCc2ccccc2N1N(CC)CC. The number of hydrazine groups is 1. The first kappa shape index (κ1) is 12.2. The fourth-order valence-electron chi connectivity index (χ4n) is 2.49. The Morgan fingerprint density at radius 3 is 2.47 bits per heavy atom. The zero-order valence-electron chi connectivity index (χ0n) is 11.1. The molecule has 0 aliphatic carbocycles. The van der Waals surface area contributed by atoms with Crippen LogP contribution < -0.4 is 5.01 Å². The van der Waals surface area contributed by atoms with Gasteiger partial charge in [0.25, 0.3) is 0 Å². The number of nitrogens with zero attached hydrogens (tertiary/aromatic N) is 2. The Bertz CT molecular complexity index is 405. The summed E-state index contributed by atoms with van der Waals surface area (Å²) in [6.07, 6.45) is 4.52. The van der Waals surface area contributed by atoms with Gasteiger partial charge in [-0.15, -0.1) is 0 Å². The third-order valence-electron chi connectivity index (χ3n) is 3.42. The normalized spacial score (nSPS) is 14.8. The van der Waals surface area contributed by atoms with Gasteiger partial charge in [0.05, 0.1) is 5.69 Å². The maximum atomic E-state index is 2.40. The fourth-order valence-corrected chi connectivity index (χ4v) is 2.49. The van der Waals surface area contributed by atoms with E-state index in [1.807, 2.05) is 0 Å². The summed E-state index contributed by atoms with van der Waals surface area (Å²) in [7, 11) is 0. The largest absolute Gasteiger partial charge is 0.279 e. The van der Waals surface area contributed by atoms with E-state index in [0.29, 0.717) is 0 Å². The van der Waals surface area contributed by atoms with E-state index >= 15 is 0 Å². The standard InChI is InChI=1S/C15H22N2/c1-4-14-12-11-13-9-7-8-10-15(13)17(14)16(5-2)6-3/h7-10,12H,4-6,11H2,1-3H3. The topological polar surface area (TPSA) is 6.48 Å². The molecule has 0 unspecified atom stereocenters. The van der Waals surface area contributed by atoms with E-state index in [4.69, 9.17) is 0 Å². The average Bonchev–Trinajstić information content (AvgIpc) is 2.40. The molecule has 1 aliphatic rings. The average molecular weight is 230 g/mol. The lowest BCUT2D eigenvalue weighted by Crippen LogP contribution is -2.43. The highest BCUT2D eigenvalue weighted by Gasteiger charge is 2.22. The highest BCUT2D eigenvalue weighted by Crippen LogP contribution is 2.31. The van der Waals surface area contributed by atoms with Crippen molar-refractivity contribution >= 4 is 5.69 Å². The van der Waals surface area contributed by atoms with Crippen LogP contribution in [0.3, 0.4) is 0 Å². The summed E-state index contributed by atoms with van der Waals surface area (Å²) in [5.74, 6) is 0. The molecule has 0 radical (unpaired) electrons. The van der Waals surface area contributed by atoms with Crippen LogP contribution in [0.25, 0.3) is 0 Å². The molecule has 0 atom stereocenters. The second-order valence-electron chi connectivity index (χ2n) is 4.33. The molecule has 1 heterocycles. The van der Waals surface area contributed by atoms with Crippen LogP contribution in [0.15, 0.2) is 36.0 Å². The molecule has 1 aromatic rings. The van der Waals surface area contributed by atoms with Crippen molar-refractivity contribution in [2.75, 3.05) is 18.1 Å². The summed E-state index contributed by atoms with van der Waals surface area (Å²) in [4.78, 5) is 0. The Kier molecular flexibility index (Phi) is 3.85. The molecule has 17 heavy (non-hydrogen) atoms. The number of para-hydroxylation sites is 1. The first-order chi connectivity index (χ1) is 8.31. The lowest BCUT2D eigenvalue weighted by molar-refractivity contribution is 0.292. The molecule has 0 fully saturated rings. The van der Waals surface area contributed by atoms with E-state index in [1.165, 1.54) is 16.9 Å². The molecule has 1 aliphatic heterocycles. The summed E-state index contributed by atoms with van der Waals surface area (Å²) < 4.78 is 0. The number of allylic oxidation sites excluding steroid dienone is 2. The van der Waals surface area contributed by atoms with Gasteiger partial charge < -0.3 is 0 Å². The minimum absolute atomic E-state index is 1.04. The molecular formula is C15H22N2. The van der Waals surface area contributed by atoms with Crippen LogP contribution in [0.4, 0.5) is 5.69 Å². The second-order valence-corrected chi connectivity index (χ2v) is 4.33. The Hall–Kier alpha value is -1.28. The Morgan fingerprint density at radius 1 is 1.12 bits per heavy atom. The number of hydrogen-bond donors (Lipinski definition) is 0. The van der Waals surface area contributed by atoms with Gasteiger partial charge in [0.15, 0.2) is 0 Å². The van der Waals surface area contributed by atoms with Gasteiger partial charge in [-0.05, 0) is 24.5 Å². The summed E-state index contributed by atoms with van der Waals surface area (Å²) in [6, 6.07) is 8.73. The molecule has 2 nitrogen and oxygen atoms in total. The third kappa shape index (κ3) is 2.22. The molecule has 2 heteroatoms. The van der Waals surface area contributed by atoms with E-state index in [0.717, 1.165) is 25.9 Å². The van der Waals surface area contributed by atoms with E-state index in [9.17, 15) is 0 Å². The van der Waals surface area contributed by atoms with Crippen molar-refractivity contribution in [2.45, 2.75) is 33.6 Å². The highest BCUT2D eigenvalue weighted by molar-refractivity contribution is 5.60. The molecule has 2 rings (SSSR count).